The predicted octanol–water partition coefficient (Wildman–Crippen LogP) is 0.792. The van der Waals surface area contributed by atoms with E-state index in [1.807, 2.05) is 17.5 Å². The van der Waals surface area contributed by atoms with Crippen molar-refractivity contribution in [1.82, 2.24) is 5.32 Å². The second-order valence-electron chi connectivity index (χ2n) is 5.04. The molecule has 1 fully saturated rings. The fourth-order valence-electron chi connectivity index (χ4n) is 2.25. The molecule has 2 N–H and O–H groups in total. The van der Waals surface area contributed by atoms with Gasteiger partial charge in [-0.15, -0.1) is 11.3 Å². The molecule has 2 rings (SSSR count). The molecule has 0 amide bonds. The molecule has 2 atom stereocenters. The summed E-state index contributed by atoms with van der Waals surface area (Å²) < 4.78 is 28.6. The van der Waals surface area contributed by atoms with Crippen molar-refractivity contribution in [3.8, 4) is 0 Å². The van der Waals surface area contributed by atoms with Gasteiger partial charge in [-0.2, -0.15) is 0 Å². The summed E-state index contributed by atoms with van der Waals surface area (Å²) in [5.74, 6) is 0.297. The Balaban J connectivity index is 1.57. The summed E-state index contributed by atoms with van der Waals surface area (Å²) in [6.07, 6.45) is 0.862. The van der Waals surface area contributed by atoms with Gasteiger partial charge in [0.2, 0.25) is 0 Å². The monoisotopic (exact) mass is 319 g/mol. The van der Waals surface area contributed by atoms with Gasteiger partial charge in [-0.1, -0.05) is 6.07 Å². The lowest BCUT2D eigenvalue weighted by molar-refractivity contribution is 0.0299. The van der Waals surface area contributed by atoms with Gasteiger partial charge in [0.05, 0.1) is 30.3 Å². The third kappa shape index (κ3) is 4.82. The Bertz CT molecular complexity index is 486. The Kier molecular flexibility index (Phi) is 5.98. The fourth-order valence-corrected chi connectivity index (χ4v) is 4.69. The van der Waals surface area contributed by atoms with Gasteiger partial charge in [-0.3, -0.25) is 0 Å². The first-order valence-corrected chi connectivity index (χ1v) is 9.38. The minimum atomic E-state index is -2.91. The lowest BCUT2D eigenvalue weighted by Gasteiger charge is -2.14. The maximum absolute atomic E-state index is 11.6. The Morgan fingerprint density at radius 2 is 2.40 bits per heavy atom. The smallest absolute Gasteiger partial charge is 0.154 e. The average molecular weight is 319 g/mol. The van der Waals surface area contributed by atoms with Gasteiger partial charge < -0.3 is 15.2 Å². The highest BCUT2D eigenvalue weighted by Crippen LogP contribution is 2.18. The zero-order valence-corrected chi connectivity index (χ0v) is 13.0. The highest BCUT2D eigenvalue weighted by atomic mass is 32.2. The van der Waals surface area contributed by atoms with Crippen molar-refractivity contribution in [3.63, 3.8) is 0 Å². The normalized spacial score (nSPS) is 22.9. The molecule has 114 valence electrons. The number of aliphatic hydroxyl groups excluding tert-OH is 1. The summed E-state index contributed by atoms with van der Waals surface area (Å²) in [5.41, 5.74) is 0. The molecule has 0 radical (unpaired) electrons. The van der Waals surface area contributed by atoms with Crippen molar-refractivity contribution in [2.75, 3.05) is 25.4 Å². The number of nitrogens with one attached hydrogen (secondary N) is 1. The third-order valence-corrected chi connectivity index (χ3v) is 6.48. The third-order valence-electron chi connectivity index (χ3n) is 3.35. The molecule has 1 aliphatic heterocycles. The molecule has 2 unspecified atom stereocenters. The molecule has 20 heavy (non-hydrogen) atoms. The van der Waals surface area contributed by atoms with Crippen molar-refractivity contribution in [2.24, 2.45) is 0 Å². The van der Waals surface area contributed by atoms with Crippen molar-refractivity contribution in [3.05, 3.63) is 22.4 Å². The first-order chi connectivity index (χ1) is 9.58. The lowest BCUT2D eigenvalue weighted by atomic mass is 10.2. The molecule has 1 aromatic rings. The van der Waals surface area contributed by atoms with Crippen LogP contribution in [0.1, 0.15) is 17.7 Å². The first-order valence-electron chi connectivity index (χ1n) is 6.78. The molecule has 0 aliphatic carbocycles. The molecule has 1 aliphatic rings. The topological polar surface area (TPSA) is 75.6 Å². The summed E-state index contributed by atoms with van der Waals surface area (Å²) in [4.78, 5) is 1.13. The zero-order valence-electron chi connectivity index (χ0n) is 11.3. The van der Waals surface area contributed by atoms with Crippen molar-refractivity contribution < 1.29 is 18.3 Å². The molecule has 1 aromatic heterocycles. The number of hydrogen-bond acceptors (Lipinski definition) is 6. The molecule has 0 bridgehead atoms. The van der Waals surface area contributed by atoms with Crippen LogP contribution in [0.5, 0.6) is 0 Å². The van der Waals surface area contributed by atoms with Crippen LogP contribution >= 0.6 is 11.3 Å². The fraction of sp³-hybridized carbons (Fsp3) is 0.692. The van der Waals surface area contributed by atoms with Crippen LogP contribution < -0.4 is 5.32 Å². The molecule has 2 heterocycles. The molecule has 0 aromatic carbocycles. The van der Waals surface area contributed by atoms with E-state index in [9.17, 15) is 13.5 Å². The molecule has 0 saturated carbocycles. The number of thiophene rings is 1. The highest BCUT2D eigenvalue weighted by molar-refractivity contribution is 7.92. The summed E-state index contributed by atoms with van der Waals surface area (Å²) in [6.45, 7) is 1.54. The van der Waals surface area contributed by atoms with Crippen LogP contribution in [0.3, 0.4) is 0 Å². The van der Waals surface area contributed by atoms with Gasteiger partial charge in [0.1, 0.15) is 0 Å². The van der Waals surface area contributed by atoms with E-state index >= 15 is 0 Å². The van der Waals surface area contributed by atoms with Crippen molar-refractivity contribution in [2.45, 2.75) is 30.8 Å². The lowest BCUT2D eigenvalue weighted by Crippen LogP contribution is -2.36. The van der Waals surface area contributed by atoms with E-state index in [-0.39, 0.29) is 11.9 Å². The maximum Gasteiger partial charge on any atom is 0.154 e. The van der Waals surface area contributed by atoms with Gasteiger partial charge in [0.15, 0.2) is 9.84 Å². The van der Waals surface area contributed by atoms with Gasteiger partial charge >= 0.3 is 0 Å². The first kappa shape index (κ1) is 15.9. The van der Waals surface area contributed by atoms with Crippen molar-refractivity contribution >= 4 is 21.2 Å². The summed E-state index contributed by atoms with van der Waals surface area (Å²) >= 11 is 1.62. The minimum Gasteiger partial charge on any atom is -0.389 e. The van der Waals surface area contributed by atoms with Crippen LogP contribution in [0.2, 0.25) is 0 Å². The van der Waals surface area contributed by atoms with E-state index < -0.39 is 15.9 Å². The van der Waals surface area contributed by atoms with E-state index in [0.29, 0.717) is 25.4 Å². The summed E-state index contributed by atoms with van der Waals surface area (Å²) in [5, 5.41) is 14.5. The van der Waals surface area contributed by atoms with Gasteiger partial charge in [-0.25, -0.2) is 8.42 Å². The van der Waals surface area contributed by atoms with Crippen LogP contribution in [-0.2, 0) is 21.2 Å². The number of aliphatic hydroxyl groups is 1. The van der Waals surface area contributed by atoms with Crippen LogP contribution in [-0.4, -0.2) is 50.3 Å². The molecular weight excluding hydrogens is 298 g/mol. The largest absolute Gasteiger partial charge is 0.389 e. The van der Waals surface area contributed by atoms with Crippen LogP contribution in [0.25, 0.3) is 0 Å². The number of ether oxygens (including phenoxy) is 1. The van der Waals surface area contributed by atoms with Gasteiger partial charge in [-0.05, 0) is 24.3 Å². The summed E-state index contributed by atoms with van der Waals surface area (Å²) in [7, 11) is -2.91. The molecule has 0 spiro atoms. The number of rotatable bonds is 8. The molecule has 5 nitrogen and oxygen atoms in total. The second kappa shape index (κ2) is 7.51. The second-order valence-corrected chi connectivity index (χ2v) is 8.47. The van der Waals surface area contributed by atoms with Crippen LogP contribution in [0.4, 0.5) is 0 Å². The van der Waals surface area contributed by atoms with E-state index in [1.165, 1.54) is 0 Å². The number of sulfone groups is 1. The SMILES string of the molecule is O=S1(=O)CCCC1CNCC(O)COCc1cccs1. The maximum atomic E-state index is 11.6. The minimum absolute atomic E-state index is 0.252. The van der Waals surface area contributed by atoms with Gasteiger partial charge in [0, 0.05) is 18.0 Å². The van der Waals surface area contributed by atoms with Crippen LogP contribution in [0, 0.1) is 0 Å². The van der Waals surface area contributed by atoms with Crippen molar-refractivity contribution in [1.29, 1.82) is 0 Å². The Hall–Kier alpha value is -0.470. The molecule has 7 heteroatoms. The summed E-state index contributed by atoms with van der Waals surface area (Å²) in [6, 6.07) is 3.95. The standard InChI is InChI=1S/C13H21NO4S2/c15-11(9-18-10-12-3-1-5-19-12)7-14-8-13-4-2-6-20(13,16)17/h1,3,5,11,13-15H,2,4,6-10H2. The Morgan fingerprint density at radius 3 is 3.05 bits per heavy atom. The number of hydrogen-bond donors (Lipinski definition) is 2. The zero-order chi connectivity index (χ0) is 14.4. The highest BCUT2D eigenvalue weighted by Gasteiger charge is 2.30. The Morgan fingerprint density at radius 1 is 1.55 bits per heavy atom. The van der Waals surface area contributed by atoms with E-state index in [1.54, 1.807) is 11.3 Å². The van der Waals surface area contributed by atoms with Crippen LogP contribution in [0.15, 0.2) is 17.5 Å². The molecular formula is C13H21NO4S2. The van der Waals surface area contributed by atoms with E-state index in [4.69, 9.17) is 4.74 Å². The predicted molar refractivity (Wildman–Crippen MR) is 79.7 cm³/mol. The van der Waals surface area contributed by atoms with E-state index in [0.717, 1.165) is 17.7 Å². The van der Waals surface area contributed by atoms with E-state index in [2.05, 4.69) is 5.32 Å². The Labute approximate surface area is 123 Å². The quantitative estimate of drug-likeness (QED) is 0.741. The molecule has 1 saturated heterocycles. The average Bonchev–Trinajstić information content (AvgIpc) is 3.00. The van der Waals surface area contributed by atoms with Gasteiger partial charge in [0.25, 0.3) is 0 Å².